The first-order chi connectivity index (χ1) is 9.05. The summed E-state index contributed by atoms with van der Waals surface area (Å²) < 4.78 is 5.85. The SMILES string of the molecule is CC1(C)CN(C(=O)NCC2CC2)c2ncccc2O1. The van der Waals surface area contributed by atoms with Crippen molar-refractivity contribution in [2.75, 3.05) is 18.0 Å². The molecule has 5 nitrogen and oxygen atoms in total. The number of nitrogens with one attached hydrogen (secondary N) is 1. The molecule has 3 rings (SSSR count). The molecule has 0 spiro atoms. The van der Waals surface area contributed by atoms with Crippen LogP contribution in [0.1, 0.15) is 26.7 Å². The molecule has 102 valence electrons. The standard InChI is InChI=1S/C14H19N3O2/c1-14(2)9-17(13(18)16-8-10-5-6-10)12-11(19-14)4-3-7-15-12/h3-4,7,10H,5-6,8-9H2,1-2H3,(H,16,18). The van der Waals surface area contributed by atoms with Crippen LogP contribution in [-0.4, -0.2) is 29.7 Å². The summed E-state index contributed by atoms with van der Waals surface area (Å²) in [5.41, 5.74) is -0.396. The number of pyridine rings is 1. The highest BCUT2D eigenvalue weighted by Gasteiger charge is 2.36. The van der Waals surface area contributed by atoms with E-state index >= 15 is 0 Å². The molecule has 2 aliphatic rings. The fourth-order valence-corrected chi connectivity index (χ4v) is 2.27. The molecular formula is C14H19N3O2. The number of ether oxygens (including phenoxy) is 1. The molecule has 0 bridgehead atoms. The predicted molar refractivity (Wildman–Crippen MR) is 72.4 cm³/mol. The number of carbonyl (C=O) groups is 1. The molecule has 1 fully saturated rings. The van der Waals surface area contributed by atoms with Gasteiger partial charge in [-0.15, -0.1) is 0 Å². The Labute approximate surface area is 113 Å². The molecule has 1 saturated carbocycles. The van der Waals surface area contributed by atoms with Gasteiger partial charge in [-0.3, -0.25) is 4.90 Å². The lowest BCUT2D eigenvalue weighted by Gasteiger charge is -2.38. The molecule has 1 aliphatic heterocycles. The van der Waals surface area contributed by atoms with Gasteiger partial charge >= 0.3 is 6.03 Å². The number of carbonyl (C=O) groups excluding carboxylic acids is 1. The molecule has 0 saturated heterocycles. The molecule has 5 heteroatoms. The quantitative estimate of drug-likeness (QED) is 0.887. The first kappa shape index (κ1) is 12.3. The zero-order chi connectivity index (χ0) is 13.5. The molecule has 1 N–H and O–H groups in total. The Morgan fingerprint density at radius 2 is 2.37 bits per heavy atom. The molecule has 1 aliphatic carbocycles. The Kier molecular flexibility index (Phi) is 2.84. The van der Waals surface area contributed by atoms with Gasteiger partial charge in [0, 0.05) is 12.7 Å². The highest BCUT2D eigenvalue weighted by Crippen LogP contribution is 2.35. The summed E-state index contributed by atoms with van der Waals surface area (Å²) in [6.45, 7) is 5.22. The smallest absolute Gasteiger partial charge is 0.323 e. The Morgan fingerprint density at radius 3 is 3.11 bits per heavy atom. The van der Waals surface area contributed by atoms with Crippen molar-refractivity contribution in [3.63, 3.8) is 0 Å². The topological polar surface area (TPSA) is 54.5 Å². The van der Waals surface area contributed by atoms with Gasteiger partial charge in [-0.05, 0) is 44.7 Å². The van der Waals surface area contributed by atoms with E-state index in [1.165, 1.54) is 12.8 Å². The maximum absolute atomic E-state index is 12.3. The fourth-order valence-electron chi connectivity index (χ4n) is 2.27. The van der Waals surface area contributed by atoms with E-state index < -0.39 is 5.60 Å². The molecule has 0 radical (unpaired) electrons. The van der Waals surface area contributed by atoms with Gasteiger partial charge in [-0.2, -0.15) is 0 Å². The second-order valence-electron chi connectivity index (χ2n) is 5.90. The molecule has 1 aromatic heterocycles. The minimum atomic E-state index is -0.396. The number of amides is 2. The van der Waals surface area contributed by atoms with E-state index in [0.29, 0.717) is 24.0 Å². The van der Waals surface area contributed by atoms with Crippen molar-refractivity contribution in [2.24, 2.45) is 5.92 Å². The van der Waals surface area contributed by atoms with Gasteiger partial charge in [0.05, 0.1) is 6.54 Å². The lowest BCUT2D eigenvalue weighted by Crippen LogP contribution is -2.53. The molecule has 0 unspecified atom stereocenters. The third-order valence-corrected chi connectivity index (χ3v) is 3.42. The molecule has 2 amide bonds. The van der Waals surface area contributed by atoms with E-state index in [0.717, 1.165) is 6.54 Å². The Hall–Kier alpha value is -1.78. The summed E-state index contributed by atoms with van der Waals surface area (Å²) in [5.74, 6) is 1.94. The number of nitrogens with zero attached hydrogens (tertiary/aromatic N) is 2. The third kappa shape index (κ3) is 2.64. The van der Waals surface area contributed by atoms with Gasteiger partial charge in [0.15, 0.2) is 11.6 Å². The molecule has 0 aromatic carbocycles. The van der Waals surface area contributed by atoms with Crippen molar-refractivity contribution in [1.29, 1.82) is 0 Å². The average molecular weight is 261 g/mol. The second-order valence-corrected chi connectivity index (χ2v) is 5.90. The van der Waals surface area contributed by atoms with Crippen LogP contribution in [0, 0.1) is 5.92 Å². The van der Waals surface area contributed by atoms with Gasteiger partial charge in [-0.25, -0.2) is 9.78 Å². The van der Waals surface area contributed by atoms with Gasteiger partial charge in [0.1, 0.15) is 5.60 Å². The van der Waals surface area contributed by atoms with Crippen molar-refractivity contribution < 1.29 is 9.53 Å². The average Bonchev–Trinajstić information content (AvgIpc) is 3.18. The van der Waals surface area contributed by atoms with E-state index in [1.807, 2.05) is 26.0 Å². The minimum Gasteiger partial charge on any atom is -0.482 e. The largest absolute Gasteiger partial charge is 0.482 e. The summed E-state index contributed by atoms with van der Waals surface area (Å²) >= 11 is 0. The number of rotatable bonds is 2. The molecule has 2 heterocycles. The summed E-state index contributed by atoms with van der Waals surface area (Å²) in [6.07, 6.45) is 4.13. The van der Waals surface area contributed by atoms with E-state index in [2.05, 4.69) is 10.3 Å². The van der Waals surface area contributed by atoms with Crippen LogP contribution in [-0.2, 0) is 0 Å². The summed E-state index contributed by atoms with van der Waals surface area (Å²) in [5, 5.41) is 2.98. The fraction of sp³-hybridized carbons (Fsp3) is 0.571. The van der Waals surface area contributed by atoms with Crippen LogP contribution in [0.4, 0.5) is 10.6 Å². The molecule has 19 heavy (non-hydrogen) atoms. The summed E-state index contributed by atoms with van der Waals surface area (Å²) in [7, 11) is 0. The summed E-state index contributed by atoms with van der Waals surface area (Å²) in [4.78, 5) is 18.3. The van der Waals surface area contributed by atoms with Crippen LogP contribution in [0.15, 0.2) is 18.3 Å². The first-order valence-corrected chi connectivity index (χ1v) is 6.74. The van der Waals surface area contributed by atoms with E-state index in [4.69, 9.17) is 4.74 Å². The molecule has 1 aromatic rings. The zero-order valence-electron chi connectivity index (χ0n) is 11.3. The highest BCUT2D eigenvalue weighted by molar-refractivity contribution is 5.93. The van der Waals surface area contributed by atoms with E-state index in [-0.39, 0.29) is 6.03 Å². The Balaban J connectivity index is 1.80. The van der Waals surface area contributed by atoms with Gasteiger partial charge in [0.25, 0.3) is 0 Å². The highest BCUT2D eigenvalue weighted by atomic mass is 16.5. The predicted octanol–water partition coefficient (Wildman–Crippen LogP) is 2.18. The van der Waals surface area contributed by atoms with Crippen LogP contribution in [0.2, 0.25) is 0 Å². The normalized spacial score (nSPS) is 20.4. The number of hydrogen-bond donors (Lipinski definition) is 1. The first-order valence-electron chi connectivity index (χ1n) is 6.74. The van der Waals surface area contributed by atoms with Gasteiger partial charge in [0.2, 0.25) is 0 Å². The number of aromatic nitrogens is 1. The third-order valence-electron chi connectivity index (χ3n) is 3.42. The Morgan fingerprint density at radius 1 is 1.58 bits per heavy atom. The minimum absolute atomic E-state index is 0.0803. The van der Waals surface area contributed by atoms with Crippen LogP contribution < -0.4 is 15.0 Å². The van der Waals surface area contributed by atoms with Gasteiger partial charge < -0.3 is 10.1 Å². The molecular weight excluding hydrogens is 242 g/mol. The maximum atomic E-state index is 12.3. The maximum Gasteiger partial charge on any atom is 0.323 e. The monoisotopic (exact) mass is 261 g/mol. The van der Waals surface area contributed by atoms with Crippen molar-refractivity contribution in [1.82, 2.24) is 10.3 Å². The van der Waals surface area contributed by atoms with Gasteiger partial charge in [-0.1, -0.05) is 0 Å². The zero-order valence-corrected chi connectivity index (χ0v) is 11.3. The number of urea groups is 1. The lowest BCUT2D eigenvalue weighted by atomic mass is 10.1. The number of fused-ring (bicyclic) bond motifs is 1. The lowest BCUT2D eigenvalue weighted by molar-refractivity contribution is 0.105. The van der Waals surface area contributed by atoms with Crippen molar-refractivity contribution >= 4 is 11.8 Å². The number of anilines is 1. The Bertz CT molecular complexity index is 497. The van der Waals surface area contributed by atoms with Crippen molar-refractivity contribution in [3.05, 3.63) is 18.3 Å². The molecule has 0 atom stereocenters. The van der Waals surface area contributed by atoms with Crippen LogP contribution in [0.3, 0.4) is 0 Å². The van der Waals surface area contributed by atoms with Crippen molar-refractivity contribution in [2.45, 2.75) is 32.3 Å². The van der Waals surface area contributed by atoms with Crippen LogP contribution >= 0.6 is 0 Å². The van der Waals surface area contributed by atoms with Crippen LogP contribution in [0.5, 0.6) is 5.75 Å². The second kappa shape index (κ2) is 4.40. The van der Waals surface area contributed by atoms with Crippen molar-refractivity contribution in [3.8, 4) is 5.75 Å². The van der Waals surface area contributed by atoms with Crippen LogP contribution in [0.25, 0.3) is 0 Å². The number of hydrogen-bond acceptors (Lipinski definition) is 3. The van der Waals surface area contributed by atoms with E-state index in [1.54, 1.807) is 11.1 Å². The summed E-state index contributed by atoms with van der Waals surface area (Å²) in [6, 6.07) is 3.59. The van der Waals surface area contributed by atoms with E-state index in [9.17, 15) is 4.79 Å².